The van der Waals surface area contributed by atoms with Crippen LogP contribution in [0.4, 0.5) is 0 Å². The minimum Gasteiger partial charge on any atom is -0.385 e. The van der Waals surface area contributed by atoms with E-state index in [0.717, 1.165) is 18.3 Å². The van der Waals surface area contributed by atoms with Crippen LogP contribution < -0.4 is 0 Å². The van der Waals surface area contributed by atoms with Crippen LogP contribution in [0.3, 0.4) is 0 Å². The van der Waals surface area contributed by atoms with Crippen molar-refractivity contribution in [1.29, 1.82) is 0 Å². The van der Waals surface area contributed by atoms with Gasteiger partial charge in [0.15, 0.2) is 0 Å². The summed E-state index contributed by atoms with van der Waals surface area (Å²) in [6.07, 6.45) is 19.0. The third kappa shape index (κ3) is 1.83. The molecule has 1 nitrogen and oxygen atoms in total. The van der Waals surface area contributed by atoms with E-state index in [0.29, 0.717) is 17.8 Å². The van der Waals surface area contributed by atoms with Crippen LogP contribution in [0.15, 0.2) is 35.5 Å². The molecule has 4 unspecified atom stereocenters. The van der Waals surface area contributed by atoms with E-state index in [4.69, 9.17) is 6.42 Å². The molecule has 7 atom stereocenters. The summed E-state index contributed by atoms with van der Waals surface area (Å²) in [4.78, 5) is 0. The molecule has 0 aliphatic heterocycles. The Morgan fingerprint density at radius 2 is 2.18 bits per heavy atom. The van der Waals surface area contributed by atoms with Crippen LogP contribution in [0.5, 0.6) is 0 Å². The number of hydrogen-bond donors (Lipinski definition) is 1. The highest BCUT2D eigenvalue weighted by molar-refractivity contribution is 5.37. The van der Waals surface area contributed by atoms with Crippen LogP contribution in [0.2, 0.25) is 0 Å². The van der Waals surface area contributed by atoms with Crippen molar-refractivity contribution in [2.45, 2.75) is 45.6 Å². The molecule has 0 aromatic carbocycles. The van der Waals surface area contributed by atoms with Gasteiger partial charge in [-0.05, 0) is 55.3 Å². The average molecular weight is 294 g/mol. The van der Waals surface area contributed by atoms with Gasteiger partial charge in [-0.2, -0.15) is 0 Å². The summed E-state index contributed by atoms with van der Waals surface area (Å²) in [7, 11) is 0. The van der Waals surface area contributed by atoms with Crippen LogP contribution in [0.25, 0.3) is 0 Å². The second kappa shape index (κ2) is 4.87. The molecule has 0 heterocycles. The number of allylic oxidation sites excluding steroid dienone is 4. The van der Waals surface area contributed by atoms with Crippen molar-refractivity contribution >= 4 is 0 Å². The number of aliphatic hydroxyl groups excluding tert-OH is 1. The fourth-order valence-electron chi connectivity index (χ4n) is 6.11. The fourth-order valence-corrected chi connectivity index (χ4v) is 6.11. The lowest BCUT2D eigenvalue weighted by Gasteiger charge is -2.55. The minimum absolute atomic E-state index is 0.153. The largest absolute Gasteiger partial charge is 0.385 e. The van der Waals surface area contributed by atoms with E-state index < -0.39 is 0 Å². The van der Waals surface area contributed by atoms with Gasteiger partial charge >= 0.3 is 0 Å². The monoisotopic (exact) mass is 294 g/mol. The standard InChI is InChI=1S/C21H26O/c1-4-14-5-7-18-17-8-6-15-12-16(22)9-10-21(15,3)19(17)11-13(2)20(14)18/h1,5,9-10,12-13,16-20,22H,6-8,11H2,2-3H3/t13-,16+,17?,18?,19?,20?,21+/m1/s1. The number of rotatable bonds is 0. The number of terminal acetylenes is 1. The SMILES string of the molecule is C#CC1=CCC2C3CCC4=C[C@@H](O)C=C[C@]4(C)C3C[C@@H](C)C12. The number of hydrogen-bond acceptors (Lipinski definition) is 1. The molecule has 4 aliphatic carbocycles. The first kappa shape index (κ1) is 14.3. The molecule has 0 amide bonds. The van der Waals surface area contributed by atoms with Crippen LogP contribution in [0, 0.1) is 47.3 Å². The third-order valence-corrected chi connectivity index (χ3v) is 7.12. The van der Waals surface area contributed by atoms with Crippen LogP contribution in [-0.2, 0) is 0 Å². The predicted octanol–water partition coefficient (Wildman–Crippen LogP) is 4.11. The highest BCUT2D eigenvalue weighted by Crippen LogP contribution is 2.61. The van der Waals surface area contributed by atoms with Crippen molar-refractivity contribution in [1.82, 2.24) is 0 Å². The Morgan fingerprint density at radius 3 is 2.95 bits per heavy atom. The molecule has 0 aromatic rings. The molecule has 0 aromatic heterocycles. The van der Waals surface area contributed by atoms with Crippen LogP contribution in [-0.4, -0.2) is 11.2 Å². The molecule has 1 heteroatoms. The van der Waals surface area contributed by atoms with Crippen LogP contribution in [0.1, 0.15) is 39.5 Å². The normalized spacial score (nSPS) is 49.4. The maximum atomic E-state index is 9.93. The van der Waals surface area contributed by atoms with Gasteiger partial charge in [0.25, 0.3) is 0 Å². The van der Waals surface area contributed by atoms with E-state index >= 15 is 0 Å². The van der Waals surface area contributed by atoms with Crippen LogP contribution >= 0.6 is 0 Å². The smallest absolute Gasteiger partial charge is 0.0905 e. The van der Waals surface area contributed by atoms with E-state index in [-0.39, 0.29) is 11.5 Å². The van der Waals surface area contributed by atoms with Gasteiger partial charge in [-0.3, -0.25) is 0 Å². The molecular formula is C21H26O. The molecule has 22 heavy (non-hydrogen) atoms. The van der Waals surface area contributed by atoms with E-state index in [1.54, 1.807) is 0 Å². The summed E-state index contributed by atoms with van der Waals surface area (Å²) < 4.78 is 0. The molecule has 2 saturated carbocycles. The number of fused-ring (bicyclic) bond motifs is 5. The van der Waals surface area contributed by atoms with E-state index in [9.17, 15) is 5.11 Å². The van der Waals surface area contributed by atoms with Crippen molar-refractivity contribution in [3.63, 3.8) is 0 Å². The Labute approximate surface area is 134 Å². The first-order valence-electron chi connectivity index (χ1n) is 8.80. The highest BCUT2D eigenvalue weighted by atomic mass is 16.3. The Hall–Kier alpha value is -1.26. The Balaban J connectivity index is 1.69. The molecule has 0 saturated heterocycles. The first-order valence-corrected chi connectivity index (χ1v) is 8.80. The van der Waals surface area contributed by atoms with Gasteiger partial charge in [-0.1, -0.05) is 49.6 Å². The molecular weight excluding hydrogens is 268 g/mol. The maximum Gasteiger partial charge on any atom is 0.0905 e. The molecule has 0 bridgehead atoms. The summed E-state index contributed by atoms with van der Waals surface area (Å²) >= 11 is 0. The Bertz CT molecular complexity index is 616. The Morgan fingerprint density at radius 1 is 1.36 bits per heavy atom. The zero-order valence-electron chi connectivity index (χ0n) is 13.6. The van der Waals surface area contributed by atoms with E-state index in [1.165, 1.54) is 30.4 Å². The Kier molecular flexibility index (Phi) is 3.17. The third-order valence-electron chi connectivity index (χ3n) is 7.12. The highest BCUT2D eigenvalue weighted by Gasteiger charge is 2.54. The van der Waals surface area contributed by atoms with Gasteiger partial charge in [-0.15, -0.1) is 6.42 Å². The lowest BCUT2D eigenvalue weighted by atomic mass is 9.49. The van der Waals surface area contributed by atoms with Gasteiger partial charge in [0.05, 0.1) is 6.10 Å². The molecule has 4 aliphatic rings. The van der Waals surface area contributed by atoms with Gasteiger partial charge in [0.1, 0.15) is 0 Å². The fraction of sp³-hybridized carbons (Fsp3) is 0.619. The molecule has 116 valence electrons. The lowest BCUT2D eigenvalue weighted by Crippen LogP contribution is -2.48. The van der Waals surface area contributed by atoms with Crippen molar-refractivity contribution < 1.29 is 5.11 Å². The quantitative estimate of drug-likeness (QED) is 0.526. The summed E-state index contributed by atoms with van der Waals surface area (Å²) in [5.74, 6) is 6.50. The second-order valence-corrected chi connectivity index (χ2v) is 8.08. The van der Waals surface area contributed by atoms with Gasteiger partial charge in [0.2, 0.25) is 0 Å². The first-order chi connectivity index (χ1) is 10.5. The van der Waals surface area contributed by atoms with Gasteiger partial charge in [-0.25, -0.2) is 0 Å². The average Bonchev–Trinajstić information content (AvgIpc) is 2.94. The summed E-state index contributed by atoms with van der Waals surface area (Å²) in [5, 5.41) is 9.93. The van der Waals surface area contributed by atoms with Crippen molar-refractivity contribution in [3.8, 4) is 12.3 Å². The predicted molar refractivity (Wildman–Crippen MR) is 89.8 cm³/mol. The second-order valence-electron chi connectivity index (χ2n) is 8.08. The minimum atomic E-state index is -0.380. The van der Waals surface area contributed by atoms with E-state index in [1.807, 2.05) is 6.08 Å². The van der Waals surface area contributed by atoms with Crippen molar-refractivity contribution in [3.05, 3.63) is 35.5 Å². The van der Waals surface area contributed by atoms with E-state index in [2.05, 4.69) is 38.0 Å². The van der Waals surface area contributed by atoms with Gasteiger partial charge < -0.3 is 5.11 Å². The topological polar surface area (TPSA) is 20.2 Å². The molecule has 4 rings (SSSR count). The zero-order valence-corrected chi connectivity index (χ0v) is 13.6. The molecule has 0 spiro atoms. The summed E-state index contributed by atoms with van der Waals surface area (Å²) in [6.45, 7) is 4.79. The summed E-state index contributed by atoms with van der Waals surface area (Å²) in [5.41, 5.74) is 2.90. The zero-order chi connectivity index (χ0) is 15.5. The molecule has 2 fully saturated rings. The van der Waals surface area contributed by atoms with Gasteiger partial charge in [0, 0.05) is 11.0 Å². The number of aliphatic hydroxyl groups is 1. The van der Waals surface area contributed by atoms with Crippen molar-refractivity contribution in [2.75, 3.05) is 0 Å². The van der Waals surface area contributed by atoms with Crippen molar-refractivity contribution in [2.24, 2.45) is 35.0 Å². The molecule has 0 radical (unpaired) electrons. The lowest BCUT2D eigenvalue weighted by molar-refractivity contribution is 0.00435. The molecule has 1 N–H and O–H groups in total. The maximum absolute atomic E-state index is 9.93. The summed E-state index contributed by atoms with van der Waals surface area (Å²) in [6, 6.07) is 0.